The molecule has 0 aromatic heterocycles. The molecule has 2 rings (SSSR count). The van der Waals surface area contributed by atoms with E-state index in [1.54, 1.807) is 39.3 Å². The number of benzene rings is 2. The number of rotatable bonds is 7. The van der Waals surface area contributed by atoms with Crippen molar-refractivity contribution in [3.8, 4) is 22.6 Å². The Kier molecular flexibility index (Phi) is 7.85. The Morgan fingerprint density at radius 3 is 1.08 bits per heavy atom. The third kappa shape index (κ3) is 6.63. The summed E-state index contributed by atoms with van der Waals surface area (Å²) in [6.45, 7) is 10.5. The SMILES string of the molecule is C[Si](C)(C)c1cc(-c2ccc(OS(=O)(=O)C(F)(F)F)c([Si](C)(C)C)c2)ccc1OS(=O)(=O)C(F)(F)F. The molecule has 0 heterocycles. The van der Waals surface area contributed by atoms with E-state index in [0.717, 1.165) is 12.1 Å². The van der Waals surface area contributed by atoms with Crippen LogP contribution in [-0.2, 0) is 20.2 Å². The minimum Gasteiger partial charge on any atom is -0.376 e. The van der Waals surface area contributed by atoms with Gasteiger partial charge in [0.25, 0.3) is 0 Å². The molecule has 0 saturated heterocycles. The number of halogens is 6. The third-order valence-electron chi connectivity index (χ3n) is 4.87. The van der Waals surface area contributed by atoms with Gasteiger partial charge >= 0.3 is 31.3 Å². The van der Waals surface area contributed by atoms with E-state index in [1.165, 1.54) is 24.3 Å². The summed E-state index contributed by atoms with van der Waals surface area (Å²) in [7, 11) is -16.8. The second-order valence-electron chi connectivity index (χ2n) is 9.89. The molecule has 0 aliphatic rings. The van der Waals surface area contributed by atoms with Crippen LogP contribution in [0.25, 0.3) is 11.1 Å². The predicted molar refractivity (Wildman–Crippen MR) is 129 cm³/mol. The molecule has 0 unspecified atom stereocenters. The van der Waals surface area contributed by atoms with E-state index in [2.05, 4.69) is 8.37 Å². The van der Waals surface area contributed by atoms with Gasteiger partial charge in [0.05, 0.1) is 16.1 Å². The summed E-state index contributed by atoms with van der Waals surface area (Å²) in [5, 5.41) is 0.504. The number of alkyl halides is 6. The van der Waals surface area contributed by atoms with Crippen molar-refractivity contribution in [2.45, 2.75) is 50.3 Å². The molecule has 0 amide bonds. The van der Waals surface area contributed by atoms with Crippen LogP contribution >= 0.6 is 0 Å². The Hall–Kier alpha value is -2.05. The zero-order valence-corrected chi connectivity index (χ0v) is 23.6. The van der Waals surface area contributed by atoms with Crippen molar-refractivity contribution < 1.29 is 51.5 Å². The summed E-state index contributed by atoms with van der Waals surface area (Å²) in [5.74, 6) is -0.950. The van der Waals surface area contributed by atoms with Crippen molar-refractivity contribution in [1.82, 2.24) is 0 Å². The summed E-state index contributed by atoms with van der Waals surface area (Å²) < 4.78 is 132. The lowest BCUT2D eigenvalue weighted by atomic mass is 10.1. The molecular weight excluding hydrogens is 571 g/mol. The van der Waals surface area contributed by atoms with Gasteiger partial charge in [-0.25, -0.2) is 0 Å². The zero-order valence-electron chi connectivity index (χ0n) is 20.0. The first kappa shape index (κ1) is 30.2. The average Bonchev–Trinajstić information content (AvgIpc) is 2.64. The van der Waals surface area contributed by atoms with Crippen molar-refractivity contribution in [2.75, 3.05) is 0 Å². The van der Waals surface area contributed by atoms with E-state index in [-0.39, 0.29) is 10.4 Å². The van der Waals surface area contributed by atoms with Crippen molar-refractivity contribution in [3.05, 3.63) is 36.4 Å². The fourth-order valence-corrected chi connectivity index (χ4v) is 7.09. The maximum absolute atomic E-state index is 12.9. The summed E-state index contributed by atoms with van der Waals surface area (Å²) in [5.41, 5.74) is -10.4. The minimum absolute atomic E-state index is 0.252. The van der Waals surface area contributed by atoms with Crippen molar-refractivity contribution in [3.63, 3.8) is 0 Å². The van der Waals surface area contributed by atoms with Crippen molar-refractivity contribution in [2.24, 2.45) is 0 Å². The molecule has 0 fully saturated rings. The molecule has 0 radical (unpaired) electrons. The van der Waals surface area contributed by atoms with Gasteiger partial charge < -0.3 is 8.37 Å². The van der Waals surface area contributed by atoms with E-state index in [9.17, 15) is 43.2 Å². The van der Waals surface area contributed by atoms with Gasteiger partial charge in [0.1, 0.15) is 11.5 Å². The average molecular weight is 595 g/mol. The van der Waals surface area contributed by atoms with Crippen LogP contribution in [-0.4, -0.2) is 44.0 Å². The van der Waals surface area contributed by atoms with Crippen LogP contribution < -0.4 is 18.7 Å². The molecule has 202 valence electrons. The first-order valence-electron chi connectivity index (χ1n) is 10.2. The van der Waals surface area contributed by atoms with Crippen LogP contribution in [0.15, 0.2) is 36.4 Å². The molecular formula is C20H24F6O6S2Si2. The lowest BCUT2D eigenvalue weighted by molar-refractivity contribution is -0.0504. The Balaban J connectivity index is 2.67. The van der Waals surface area contributed by atoms with Crippen LogP contribution in [0, 0.1) is 0 Å². The Morgan fingerprint density at radius 2 is 0.861 bits per heavy atom. The predicted octanol–water partition coefficient (Wildman–Crippen LogP) is 4.90. The van der Waals surface area contributed by atoms with Gasteiger partial charge in [0.2, 0.25) is 0 Å². The number of hydrogen-bond acceptors (Lipinski definition) is 6. The van der Waals surface area contributed by atoms with Crippen LogP contribution in [0.3, 0.4) is 0 Å². The van der Waals surface area contributed by atoms with Gasteiger partial charge in [0, 0.05) is 0 Å². The molecule has 2 aromatic rings. The van der Waals surface area contributed by atoms with Crippen molar-refractivity contribution >= 4 is 46.8 Å². The van der Waals surface area contributed by atoms with Crippen LogP contribution in [0.1, 0.15) is 0 Å². The van der Waals surface area contributed by atoms with Crippen LogP contribution in [0.5, 0.6) is 11.5 Å². The molecule has 16 heteroatoms. The topological polar surface area (TPSA) is 86.7 Å². The smallest absolute Gasteiger partial charge is 0.376 e. The highest BCUT2D eigenvalue weighted by atomic mass is 32.2. The van der Waals surface area contributed by atoms with E-state index < -0.39 is 58.9 Å². The fourth-order valence-electron chi connectivity index (χ4n) is 3.07. The Morgan fingerprint density at radius 1 is 0.583 bits per heavy atom. The number of hydrogen-bond donors (Lipinski definition) is 0. The van der Waals surface area contributed by atoms with E-state index in [1.807, 2.05) is 0 Å². The van der Waals surface area contributed by atoms with E-state index in [0.29, 0.717) is 11.1 Å². The second-order valence-corrected chi connectivity index (χ2v) is 23.0. The first-order valence-corrected chi connectivity index (χ1v) is 20.0. The monoisotopic (exact) mass is 594 g/mol. The molecule has 0 spiro atoms. The van der Waals surface area contributed by atoms with Crippen LogP contribution in [0.2, 0.25) is 39.3 Å². The van der Waals surface area contributed by atoms with Crippen LogP contribution in [0.4, 0.5) is 26.3 Å². The quantitative estimate of drug-likeness (QED) is 0.196. The lowest BCUT2D eigenvalue weighted by Gasteiger charge is -2.24. The van der Waals surface area contributed by atoms with Gasteiger partial charge in [-0.05, 0) is 33.6 Å². The molecule has 0 bridgehead atoms. The van der Waals surface area contributed by atoms with Gasteiger partial charge in [-0.3, -0.25) is 0 Å². The molecule has 0 aliphatic heterocycles. The van der Waals surface area contributed by atoms with Gasteiger partial charge in [-0.1, -0.05) is 63.5 Å². The van der Waals surface area contributed by atoms with E-state index >= 15 is 0 Å². The molecule has 36 heavy (non-hydrogen) atoms. The van der Waals surface area contributed by atoms with Gasteiger partial charge in [-0.2, -0.15) is 43.2 Å². The largest absolute Gasteiger partial charge is 0.534 e. The Labute approximate surface area is 207 Å². The minimum atomic E-state index is -5.91. The summed E-state index contributed by atoms with van der Waals surface area (Å²) in [6.07, 6.45) is 0. The highest BCUT2D eigenvalue weighted by Gasteiger charge is 2.50. The molecule has 0 aliphatic carbocycles. The maximum atomic E-state index is 12.9. The fraction of sp³-hybridized carbons (Fsp3) is 0.400. The molecule has 6 nitrogen and oxygen atoms in total. The van der Waals surface area contributed by atoms with Gasteiger partial charge in [0.15, 0.2) is 0 Å². The normalized spacial score (nSPS) is 14.0. The van der Waals surface area contributed by atoms with Gasteiger partial charge in [-0.15, -0.1) is 0 Å². The molecule has 0 N–H and O–H groups in total. The standard InChI is InChI=1S/C20H24F6O6S2Si2/c1-35(2,3)17-11-13(7-9-15(17)31-33(27,28)19(21,22)23)14-8-10-16(18(12-14)36(4,5)6)32-34(29,30)20(24,25)26/h7-12H,1-6H3. The second kappa shape index (κ2) is 9.36. The first-order chi connectivity index (χ1) is 15.9. The lowest BCUT2D eigenvalue weighted by Crippen LogP contribution is -2.41. The van der Waals surface area contributed by atoms with Crippen molar-refractivity contribution in [1.29, 1.82) is 0 Å². The third-order valence-corrected chi connectivity index (χ3v) is 10.8. The molecule has 0 saturated carbocycles. The summed E-state index contributed by atoms with van der Waals surface area (Å²) >= 11 is 0. The molecule has 2 aromatic carbocycles. The Bertz CT molecular complexity index is 1250. The summed E-state index contributed by atoms with van der Waals surface area (Å²) in [4.78, 5) is 0. The highest BCUT2D eigenvalue weighted by Crippen LogP contribution is 2.32. The van der Waals surface area contributed by atoms with E-state index in [4.69, 9.17) is 0 Å². The summed E-state index contributed by atoms with van der Waals surface area (Å²) in [6, 6.07) is 7.70. The molecule has 0 atom stereocenters. The zero-order chi connectivity index (χ0) is 28.1. The maximum Gasteiger partial charge on any atom is 0.534 e. The highest BCUT2D eigenvalue weighted by molar-refractivity contribution is 7.88.